The molecule has 0 aliphatic heterocycles. The molecule has 1 aromatic rings. The van der Waals surface area contributed by atoms with Gasteiger partial charge in [0.2, 0.25) is 0 Å². The van der Waals surface area contributed by atoms with E-state index in [1.165, 1.54) is 0 Å². The van der Waals surface area contributed by atoms with E-state index in [4.69, 9.17) is 4.74 Å². The van der Waals surface area contributed by atoms with Crippen molar-refractivity contribution in [2.24, 2.45) is 0 Å². The number of hydrogen-bond donors (Lipinski definition) is 1. The topological polar surface area (TPSA) is 38.3 Å². The number of ether oxygens (including phenoxy) is 1. The lowest BCUT2D eigenvalue weighted by Crippen LogP contribution is -2.23. The fourth-order valence-corrected chi connectivity index (χ4v) is 1.19. The van der Waals surface area contributed by atoms with Gasteiger partial charge in [-0.05, 0) is 17.7 Å². The summed E-state index contributed by atoms with van der Waals surface area (Å²) in [7, 11) is 1.64. The largest absolute Gasteiger partial charge is 0.380 e. The molecular weight excluding hydrogens is 190 g/mol. The minimum absolute atomic E-state index is 0.0844. The van der Waals surface area contributed by atoms with Gasteiger partial charge in [0.1, 0.15) is 0 Å². The molecule has 0 unspecified atom stereocenters. The van der Waals surface area contributed by atoms with Crippen LogP contribution in [0.3, 0.4) is 0 Å². The first kappa shape index (κ1) is 11.5. The molecule has 0 aliphatic rings. The predicted molar refractivity (Wildman–Crippen MR) is 59.7 cm³/mol. The van der Waals surface area contributed by atoms with E-state index in [0.717, 1.165) is 5.56 Å². The van der Waals surface area contributed by atoms with Gasteiger partial charge < -0.3 is 10.1 Å². The Balaban J connectivity index is 2.62. The highest BCUT2D eigenvalue weighted by Gasteiger charge is 2.02. The van der Waals surface area contributed by atoms with Crippen molar-refractivity contribution >= 4 is 5.91 Å². The minimum Gasteiger partial charge on any atom is -0.380 e. The first-order chi connectivity index (χ1) is 7.27. The van der Waals surface area contributed by atoms with Gasteiger partial charge in [0, 0.05) is 19.2 Å². The Morgan fingerprint density at radius 1 is 1.47 bits per heavy atom. The quantitative estimate of drug-likeness (QED) is 0.744. The van der Waals surface area contributed by atoms with E-state index in [-0.39, 0.29) is 5.91 Å². The molecule has 0 atom stereocenters. The van der Waals surface area contributed by atoms with Gasteiger partial charge >= 0.3 is 0 Å². The summed E-state index contributed by atoms with van der Waals surface area (Å²) in [6, 6.07) is 7.33. The highest BCUT2D eigenvalue weighted by atomic mass is 16.5. The zero-order chi connectivity index (χ0) is 11.1. The Morgan fingerprint density at radius 2 is 2.13 bits per heavy atom. The van der Waals surface area contributed by atoms with Crippen LogP contribution < -0.4 is 5.32 Å². The third kappa shape index (κ3) is 3.56. The van der Waals surface area contributed by atoms with Gasteiger partial charge in [-0.1, -0.05) is 18.2 Å². The Bertz CT molecular complexity index is 330. The normalized spacial score (nSPS) is 9.67. The number of hydrogen-bond acceptors (Lipinski definition) is 2. The second-order valence-electron chi connectivity index (χ2n) is 3.13. The molecule has 0 fully saturated rings. The van der Waals surface area contributed by atoms with Crippen molar-refractivity contribution in [3.63, 3.8) is 0 Å². The molecule has 1 amide bonds. The van der Waals surface area contributed by atoms with E-state index < -0.39 is 0 Å². The Hall–Kier alpha value is -1.61. The summed E-state index contributed by atoms with van der Waals surface area (Å²) >= 11 is 0. The third-order valence-corrected chi connectivity index (χ3v) is 1.93. The molecule has 3 heteroatoms. The summed E-state index contributed by atoms with van der Waals surface area (Å²) in [5.41, 5.74) is 1.70. The van der Waals surface area contributed by atoms with Crippen molar-refractivity contribution in [2.75, 3.05) is 13.7 Å². The van der Waals surface area contributed by atoms with Crippen molar-refractivity contribution in [3.8, 4) is 0 Å². The van der Waals surface area contributed by atoms with Gasteiger partial charge in [0.05, 0.1) is 6.61 Å². The summed E-state index contributed by atoms with van der Waals surface area (Å²) in [5.74, 6) is -0.0844. The van der Waals surface area contributed by atoms with Crippen LogP contribution in [0.4, 0.5) is 0 Å². The van der Waals surface area contributed by atoms with Gasteiger partial charge in [-0.3, -0.25) is 4.79 Å². The SMILES string of the molecule is C=CCNC(=O)c1ccc(COC)cc1. The maximum absolute atomic E-state index is 11.5. The van der Waals surface area contributed by atoms with Crippen LogP contribution in [0.1, 0.15) is 15.9 Å². The number of methoxy groups -OCH3 is 1. The van der Waals surface area contributed by atoms with Crippen LogP contribution in [0, 0.1) is 0 Å². The number of nitrogens with one attached hydrogen (secondary N) is 1. The molecule has 0 saturated carbocycles. The Labute approximate surface area is 89.8 Å². The molecular formula is C12H15NO2. The molecule has 0 spiro atoms. The summed E-state index contributed by atoms with van der Waals surface area (Å²) in [6.07, 6.45) is 1.65. The predicted octanol–water partition coefficient (Wildman–Crippen LogP) is 1.75. The lowest BCUT2D eigenvalue weighted by Gasteiger charge is -2.03. The van der Waals surface area contributed by atoms with Gasteiger partial charge in [-0.25, -0.2) is 0 Å². The summed E-state index contributed by atoms with van der Waals surface area (Å²) < 4.78 is 4.98. The summed E-state index contributed by atoms with van der Waals surface area (Å²) in [4.78, 5) is 11.5. The van der Waals surface area contributed by atoms with E-state index in [1.807, 2.05) is 12.1 Å². The fraction of sp³-hybridized carbons (Fsp3) is 0.250. The lowest BCUT2D eigenvalue weighted by atomic mass is 10.1. The fourth-order valence-electron chi connectivity index (χ4n) is 1.19. The second kappa shape index (κ2) is 5.98. The molecule has 1 rings (SSSR count). The van der Waals surface area contributed by atoms with E-state index in [0.29, 0.717) is 18.7 Å². The molecule has 0 heterocycles. The van der Waals surface area contributed by atoms with Crippen molar-refractivity contribution in [2.45, 2.75) is 6.61 Å². The molecule has 0 aliphatic carbocycles. The number of amides is 1. The molecule has 3 nitrogen and oxygen atoms in total. The average Bonchev–Trinajstić information content (AvgIpc) is 2.27. The van der Waals surface area contributed by atoms with Crippen LogP contribution in [0.25, 0.3) is 0 Å². The van der Waals surface area contributed by atoms with E-state index in [1.54, 1.807) is 25.3 Å². The molecule has 0 radical (unpaired) electrons. The molecule has 80 valence electrons. The number of rotatable bonds is 5. The highest BCUT2D eigenvalue weighted by Crippen LogP contribution is 2.05. The maximum Gasteiger partial charge on any atom is 0.251 e. The van der Waals surface area contributed by atoms with Crippen LogP contribution in [-0.2, 0) is 11.3 Å². The summed E-state index contributed by atoms with van der Waals surface area (Å²) in [6.45, 7) is 4.58. The molecule has 1 aromatic carbocycles. The van der Waals surface area contributed by atoms with Crippen molar-refractivity contribution < 1.29 is 9.53 Å². The maximum atomic E-state index is 11.5. The number of benzene rings is 1. The van der Waals surface area contributed by atoms with Crippen LogP contribution in [0.2, 0.25) is 0 Å². The average molecular weight is 205 g/mol. The molecule has 15 heavy (non-hydrogen) atoms. The molecule has 0 aromatic heterocycles. The van der Waals surface area contributed by atoms with Crippen LogP contribution in [0.15, 0.2) is 36.9 Å². The van der Waals surface area contributed by atoms with Gasteiger partial charge in [-0.2, -0.15) is 0 Å². The number of carbonyl (C=O) groups excluding carboxylic acids is 1. The van der Waals surface area contributed by atoms with Crippen LogP contribution in [0.5, 0.6) is 0 Å². The molecule has 0 bridgehead atoms. The first-order valence-corrected chi connectivity index (χ1v) is 4.75. The second-order valence-corrected chi connectivity index (χ2v) is 3.13. The van der Waals surface area contributed by atoms with E-state index in [2.05, 4.69) is 11.9 Å². The minimum atomic E-state index is -0.0844. The Kier molecular flexibility index (Phi) is 4.57. The van der Waals surface area contributed by atoms with Gasteiger partial charge in [-0.15, -0.1) is 6.58 Å². The van der Waals surface area contributed by atoms with Crippen molar-refractivity contribution in [1.29, 1.82) is 0 Å². The van der Waals surface area contributed by atoms with Gasteiger partial charge in [0.15, 0.2) is 0 Å². The molecule has 0 saturated heterocycles. The third-order valence-electron chi connectivity index (χ3n) is 1.93. The number of carbonyl (C=O) groups is 1. The van der Waals surface area contributed by atoms with E-state index in [9.17, 15) is 4.79 Å². The zero-order valence-corrected chi connectivity index (χ0v) is 8.82. The van der Waals surface area contributed by atoms with Gasteiger partial charge in [0.25, 0.3) is 5.91 Å². The van der Waals surface area contributed by atoms with Crippen molar-refractivity contribution in [3.05, 3.63) is 48.0 Å². The lowest BCUT2D eigenvalue weighted by molar-refractivity contribution is 0.0958. The van der Waals surface area contributed by atoms with Crippen molar-refractivity contribution in [1.82, 2.24) is 5.32 Å². The summed E-state index contributed by atoms with van der Waals surface area (Å²) in [5, 5.41) is 2.71. The zero-order valence-electron chi connectivity index (χ0n) is 8.82. The Morgan fingerprint density at radius 3 is 2.67 bits per heavy atom. The highest BCUT2D eigenvalue weighted by molar-refractivity contribution is 5.94. The van der Waals surface area contributed by atoms with Crippen LogP contribution in [-0.4, -0.2) is 19.6 Å². The molecule has 1 N–H and O–H groups in total. The van der Waals surface area contributed by atoms with E-state index >= 15 is 0 Å². The smallest absolute Gasteiger partial charge is 0.251 e. The standard InChI is InChI=1S/C12H15NO2/c1-3-8-13-12(14)11-6-4-10(5-7-11)9-15-2/h3-7H,1,8-9H2,2H3,(H,13,14). The monoisotopic (exact) mass is 205 g/mol. The van der Waals surface area contributed by atoms with Crippen LogP contribution >= 0.6 is 0 Å². The first-order valence-electron chi connectivity index (χ1n) is 4.75.